The molecule has 0 saturated carbocycles. The molecule has 2 saturated heterocycles. The first-order chi connectivity index (χ1) is 16.8. The van der Waals surface area contributed by atoms with E-state index in [1.54, 1.807) is 0 Å². The summed E-state index contributed by atoms with van der Waals surface area (Å²) in [5, 5.41) is 12.6. The molecule has 2 aromatic carbocycles. The van der Waals surface area contributed by atoms with Crippen molar-refractivity contribution < 1.29 is 4.79 Å². The summed E-state index contributed by atoms with van der Waals surface area (Å²) in [6.45, 7) is 13.2. The van der Waals surface area contributed by atoms with E-state index in [1.165, 1.54) is 11.3 Å². The number of hydrogen-bond acceptors (Lipinski definition) is 5. The van der Waals surface area contributed by atoms with E-state index in [9.17, 15) is 4.79 Å². The molecule has 0 unspecified atom stereocenters. The lowest BCUT2D eigenvalue weighted by molar-refractivity contribution is -0.132. The number of hydrogen-bond donors (Lipinski definition) is 1. The molecular formula is C30H43N5O. The first kappa shape index (κ1) is 27.5. The minimum atomic E-state index is 0. The smallest absolute Gasteiger partial charge is 0.223 e. The van der Waals surface area contributed by atoms with Crippen LogP contribution in [0.3, 0.4) is 0 Å². The summed E-state index contributed by atoms with van der Waals surface area (Å²) >= 11 is 0. The van der Waals surface area contributed by atoms with Crippen LogP contribution in [0.4, 0.5) is 11.4 Å². The average Bonchev–Trinajstić information content (AvgIpc) is 2.88. The third-order valence-corrected chi connectivity index (χ3v) is 7.32. The van der Waals surface area contributed by atoms with Crippen molar-refractivity contribution in [3.05, 3.63) is 59.7 Å². The van der Waals surface area contributed by atoms with Gasteiger partial charge in [-0.3, -0.25) is 9.69 Å². The maximum absolute atomic E-state index is 12.8. The molecule has 2 fully saturated rings. The summed E-state index contributed by atoms with van der Waals surface area (Å²) in [5.74, 6) is 0.273. The molecule has 0 atom stereocenters. The van der Waals surface area contributed by atoms with Crippen molar-refractivity contribution in [2.75, 3.05) is 56.0 Å². The lowest BCUT2D eigenvalue weighted by atomic mass is 9.87. The lowest BCUT2D eigenvalue weighted by Crippen LogP contribution is -2.48. The first-order valence-electron chi connectivity index (χ1n) is 12.9. The Kier molecular flexibility index (Phi) is 9.39. The highest BCUT2D eigenvalue weighted by Crippen LogP contribution is 2.25. The van der Waals surface area contributed by atoms with Crippen molar-refractivity contribution >= 4 is 17.3 Å². The van der Waals surface area contributed by atoms with Crippen molar-refractivity contribution in [2.24, 2.45) is 0 Å². The summed E-state index contributed by atoms with van der Waals surface area (Å²) in [4.78, 5) is 19.7. The number of benzene rings is 2. The maximum atomic E-state index is 12.8. The molecule has 0 aromatic heterocycles. The Morgan fingerprint density at radius 1 is 1.00 bits per heavy atom. The van der Waals surface area contributed by atoms with Gasteiger partial charge < -0.3 is 15.1 Å². The Hall–Kier alpha value is -3.04. The minimum Gasteiger partial charge on any atom is -0.382 e. The zero-order valence-corrected chi connectivity index (χ0v) is 21.5. The van der Waals surface area contributed by atoms with E-state index < -0.39 is 0 Å². The van der Waals surface area contributed by atoms with Gasteiger partial charge in [-0.25, -0.2) is 0 Å². The van der Waals surface area contributed by atoms with E-state index in [0.717, 1.165) is 64.3 Å². The quantitative estimate of drug-likeness (QED) is 0.611. The highest BCUT2D eigenvalue weighted by molar-refractivity contribution is 5.76. The largest absolute Gasteiger partial charge is 0.382 e. The van der Waals surface area contributed by atoms with E-state index in [-0.39, 0.29) is 18.7 Å². The van der Waals surface area contributed by atoms with Gasteiger partial charge in [0.05, 0.1) is 11.6 Å². The molecule has 2 aliphatic rings. The van der Waals surface area contributed by atoms with Gasteiger partial charge in [0.25, 0.3) is 0 Å². The van der Waals surface area contributed by atoms with Gasteiger partial charge in [-0.15, -0.1) is 0 Å². The molecule has 2 aliphatic heterocycles. The Morgan fingerprint density at radius 3 is 2.28 bits per heavy atom. The van der Waals surface area contributed by atoms with Gasteiger partial charge in [0.15, 0.2) is 0 Å². The zero-order valence-electron chi connectivity index (χ0n) is 21.5. The van der Waals surface area contributed by atoms with E-state index in [4.69, 9.17) is 5.26 Å². The van der Waals surface area contributed by atoms with Crippen LogP contribution in [0.5, 0.6) is 0 Å². The van der Waals surface area contributed by atoms with Gasteiger partial charge in [0, 0.05) is 69.7 Å². The SMILES string of the molecule is C.CC(C)(C)c1ccc(N2CCN(CCC(=O)N3CCC(Nc4cccc(C#N)c4)CC3)CC2)cc1. The fourth-order valence-corrected chi connectivity index (χ4v) is 5.00. The fraction of sp³-hybridized carbons (Fsp3) is 0.533. The van der Waals surface area contributed by atoms with Crippen molar-refractivity contribution in [1.82, 2.24) is 9.80 Å². The molecule has 0 bridgehead atoms. The lowest BCUT2D eigenvalue weighted by Gasteiger charge is -2.37. The second-order valence-corrected chi connectivity index (χ2v) is 10.9. The number of nitrogens with one attached hydrogen (secondary N) is 1. The maximum Gasteiger partial charge on any atom is 0.223 e. The standard InChI is InChI=1S/C29H39N5O.CH4/c1-29(2,3)24-7-9-27(10-8-24)33-19-17-32(18-20-33)14-13-28(35)34-15-11-25(12-16-34)31-26-6-4-5-23(21-26)22-30;/h4-10,21,25,31H,11-20H2,1-3H3;1H4. The van der Waals surface area contributed by atoms with Gasteiger partial charge in [0.2, 0.25) is 5.91 Å². The van der Waals surface area contributed by atoms with Crippen molar-refractivity contribution in [3.8, 4) is 6.07 Å². The number of amides is 1. The predicted molar refractivity (Wildman–Crippen MR) is 150 cm³/mol. The van der Waals surface area contributed by atoms with E-state index in [0.29, 0.717) is 18.0 Å². The average molecular weight is 490 g/mol. The van der Waals surface area contributed by atoms with Crippen LogP contribution in [0.1, 0.15) is 58.6 Å². The molecule has 1 N–H and O–H groups in total. The molecule has 2 heterocycles. The van der Waals surface area contributed by atoms with Crippen molar-refractivity contribution in [1.29, 1.82) is 5.26 Å². The van der Waals surface area contributed by atoms with Crippen LogP contribution in [-0.2, 0) is 10.2 Å². The first-order valence-corrected chi connectivity index (χ1v) is 12.9. The van der Waals surface area contributed by atoms with E-state index >= 15 is 0 Å². The van der Waals surface area contributed by atoms with Crippen LogP contribution in [0.2, 0.25) is 0 Å². The topological polar surface area (TPSA) is 62.6 Å². The molecule has 4 rings (SSSR count). The number of carbonyl (C=O) groups is 1. The third-order valence-electron chi connectivity index (χ3n) is 7.32. The Balaban J connectivity index is 0.00000361. The normalized spacial score (nSPS) is 17.3. The number of piperidine rings is 1. The number of likely N-dealkylation sites (tertiary alicyclic amines) is 1. The van der Waals surface area contributed by atoms with Crippen LogP contribution in [0.25, 0.3) is 0 Å². The van der Waals surface area contributed by atoms with Gasteiger partial charge in [-0.1, -0.05) is 46.4 Å². The number of carbonyl (C=O) groups excluding carboxylic acids is 1. The molecule has 1 amide bonds. The number of piperazine rings is 1. The minimum absolute atomic E-state index is 0. The van der Waals surface area contributed by atoms with Crippen LogP contribution >= 0.6 is 0 Å². The van der Waals surface area contributed by atoms with Gasteiger partial charge in [-0.05, 0) is 54.2 Å². The number of nitriles is 1. The van der Waals surface area contributed by atoms with Gasteiger partial charge in [-0.2, -0.15) is 5.26 Å². The van der Waals surface area contributed by atoms with Crippen molar-refractivity contribution in [2.45, 2.75) is 58.9 Å². The summed E-state index contributed by atoms with van der Waals surface area (Å²) in [6.07, 6.45) is 2.48. The third kappa shape index (κ3) is 7.24. The van der Waals surface area contributed by atoms with Crippen LogP contribution < -0.4 is 10.2 Å². The van der Waals surface area contributed by atoms with Gasteiger partial charge >= 0.3 is 0 Å². The van der Waals surface area contributed by atoms with Crippen LogP contribution in [-0.4, -0.2) is 67.6 Å². The Bertz CT molecular complexity index is 1020. The molecule has 36 heavy (non-hydrogen) atoms. The molecule has 2 aromatic rings. The Morgan fingerprint density at radius 2 is 1.67 bits per heavy atom. The molecule has 194 valence electrons. The highest BCUT2D eigenvalue weighted by Gasteiger charge is 2.24. The molecular weight excluding hydrogens is 446 g/mol. The zero-order chi connectivity index (χ0) is 24.8. The van der Waals surface area contributed by atoms with E-state index in [2.05, 4.69) is 66.2 Å². The fourth-order valence-electron chi connectivity index (χ4n) is 5.00. The van der Waals surface area contributed by atoms with E-state index in [1.807, 2.05) is 29.2 Å². The van der Waals surface area contributed by atoms with Crippen molar-refractivity contribution in [3.63, 3.8) is 0 Å². The summed E-state index contributed by atoms with van der Waals surface area (Å²) in [7, 11) is 0. The van der Waals surface area contributed by atoms with Gasteiger partial charge in [0.1, 0.15) is 0 Å². The van der Waals surface area contributed by atoms with Crippen LogP contribution in [0, 0.1) is 11.3 Å². The highest BCUT2D eigenvalue weighted by atomic mass is 16.2. The molecule has 0 spiro atoms. The summed E-state index contributed by atoms with van der Waals surface area (Å²) in [5.41, 5.74) is 4.50. The molecule has 0 aliphatic carbocycles. The predicted octanol–water partition coefficient (Wildman–Crippen LogP) is 5.11. The monoisotopic (exact) mass is 489 g/mol. The molecule has 6 nitrogen and oxygen atoms in total. The second kappa shape index (κ2) is 12.3. The summed E-state index contributed by atoms with van der Waals surface area (Å²) < 4.78 is 0. The number of anilines is 2. The van der Waals surface area contributed by atoms with Crippen LogP contribution in [0.15, 0.2) is 48.5 Å². The molecule has 6 heteroatoms. The Labute approximate surface area is 217 Å². The summed E-state index contributed by atoms with van der Waals surface area (Å²) in [6, 6.07) is 19.1. The number of rotatable bonds is 6. The second-order valence-electron chi connectivity index (χ2n) is 10.9. The molecule has 0 radical (unpaired) electrons. The number of nitrogens with zero attached hydrogens (tertiary/aromatic N) is 4.